The van der Waals surface area contributed by atoms with Crippen LogP contribution >= 0.6 is 12.2 Å². The van der Waals surface area contributed by atoms with Crippen LogP contribution in [-0.4, -0.2) is 45.0 Å². The summed E-state index contributed by atoms with van der Waals surface area (Å²) in [5, 5.41) is 10.1. The molecule has 0 atom stereocenters. The number of nitrogens with zero attached hydrogens (tertiary/aromatic N) is 1. The van der Waals surface area contributed by atoms with E-state index in [1.807, 2.05) is 0 Å². The first-order valence-corrected chi connectivity index (χ1v) is 10.5. The normalized spacial score (nSPS) is 11.4. The van der Waals surface area contributed by atoms with Gasteiger partial charge in [-0.2, -0.15) is 0 Å². The average Bonchev–Trinajstić information content (AvgIpc) is 2.56. The van der Waals surface area contributed by atoms with Gasteiger partial charge < -0.3 is 16.0 Å². The quantitative estimate of drug-likeness (QED) is 0.423. The molecule has 1 aromatic rings. The first-order chi connectivity index (χ1) is 11.8. The standard InChI is InChI=1S/C17H30N4O2S2/c1-5-7-11-18-15-10-9-14(25(22,23)21(3)4)13-16(15)20-17(24)19-12-8-6-2/h9-10,13,18H,5-8,11-12H2,1-4H3,(H2,19,20,24). The molecule has 0 radical (unpaired) electrons. The minimum atomic E-state index is -3.50. The molecule has 0 aromatic heterocycles. The highest BCUT2D eigenvalue weighted by atomic mass is 32.2. The lowest BCUT2D eigenvalue weighted by Gasteiger charge is -2.18. The fourth-order valence-electron chi connectivity index (χ4n) is 2.10. The predicted octanol–water partition coefficient (Wildman–Crippen LogP) is 3.24. The Labute approximate surface area is 157 Å². The van der Waals surface area contributed by atoms with E-state index in [9.17, 15) is 8.42 Å². The second-order valence-corrected chi connectivity index (χ2v) is 8.57. The number of nitrogens with one attached hydrogen (secondary N) is 3. The van der Waals surface area contributed by atoms with Crippen molar-refractivity contribution in [2.75, 3.05) is 37.8 Å². The van der Waals surface area contributed by atoms with E-state index < -0.39 is 10.0 Å². The Morgan fingerprint density at radius 2 is 1.72 bits per heavy atom. The van der Waals surface area contributed by atoms with Gasteiger partial charge in [0.15, 0.2) is 5.11 Å². The Hall–Kier alpha value is -1.38. The van der Waals surface area contributed by atoms with E-state index in [1.54, 1.807) is 18.2 Å². The van der Waals surface area contributed by atoms with Gasteiger partial charge in [-0.25, -0.2) is 12.7 Å². The maximum atomic E-state index is 12.4. The molecule has 0 unspecified atom stereocenters. The molecule has 1 rings (SSSR count). The van der Waals surface area contributed by atoms with Crippen molar-refractivity contribution in [3.8, 4) is 0 Å². The number of anilines is 2. The van der Waals surface area contributed by atoms with Crippen LogP contribution in [0.5, 0.6) is 0 Å². The highest BCUT2D eigenvalue weighted by molar-refractivity contribution is 7.89. The zero-order valence-corrected chi connectivity index (χ0v) is 17.2. The highest BCUT2D eigenvalue weighted by Gasteiger charge is 2.19. The van der Waals surface area contributed by atoms with Crippen molar-refractivity contribution in [2.24, 2.45) is 0 Å². The van der Waals surface area contributed by atoms with Crippen LogP contribution in [0.2, 0.25) is 0 Å². The summed E-state index contributed by atoms with van der Waals surface area (Å²) in [5.41, 5.74) is 1.50. The monoisotopic (exact) mass is 386 g/mol. The summed E-state index contributed by atoms with van der Waals surface area (Å²) < 4.78 is 26.0. The van der Waals surface area contributed by atoms with Crippen molar-refractivity contribution in [1.29, 1.82) is 0 Å². The molecule has 1 aromatic carbocycles. The molecule has 0 saturated carbocycles. The SMILES string of the molecule is CCCCNC(=S)Nc1cc(S(=O)(=O)N(C)C)ccc1NCCCC. The Kier molecular flexibility index (Phi) is 9.16. The Morgan fingerprint density at radius 3 is 2.32 bits per heavy atom. The summed E-state index contributed by atoms with van der Waals surface area (Å²) in [6, 6.07) is 5.02. The smallest absolute Gasteiger partial charge is 0.242 e. The highest BCUT2D eigenvalue weighted by Crippen LogP contribution is 2.27. The third-order valence-corrected chi connectivity index (χ3v) is 5.74. The van der Waals surface area contributed by atoms with E-state index in [-0.39, 0.29) is 4.90 Å². The summed E-state index contributed by atoms with van der Waals surface area (Å²) in [7, 11) is -0.455. The van der Waals surface area contributed by atoms with Gasteiger partial charge in [-0.3, -0.25) is 0 Å². The molecule has 25 heavy (non-hydrogen) atoms. The van der Waals surface area contributed by atoms with E-state index in [4.69, 9.17) is 12.2 Å². The molecule has 0 saturated heterocycles. The maximum absolute atomic E-state index is 12.4. The molecule has 8 heteroatoms. The van der Waals surface area contributed by atoms with Gasteiger partial charge >= 0.3 is 0 Å². The van der Waals surface area contributed by atoms with Crippen LogP contribution in [0.25, 0.3) is 0 Å². The molecular formula is C17H30N4O2S2. The van der Waals surface area contributed by atoms with Crippen molar-refractivity contribution in [2.45, 2.75) is 44.4 Å². The van der Waals surface area contributed by atoms with Crippen LogP contribution in [0, 0.1) is 0 Å². The van der Waals surface area contributed by atoms with Crippen molar-refractivity contribution >= 4 is 38.7 Å². The van der Waals surface area contributed by atoms with Crippen LogP contribution < -0.4 is 16.0 Å². The average molecular weight is 387 g/mol. The summed E-state index contributed by atoms with van der Waals surface area (Å²) in [5.74, 6) is 0. The third kappa shape index (κ3) is 6.80. The van der Waals surface area contributed by atoms with Crippen LogP contribution in [0.15, 0.2) is 23.1 Å². The Bertz CT molecular complexity index is 661. The number of benzene rings is 1. The van der Waals surface area contributed by atoms with Crippen molar-refractivity contribution in [3.05, 3.63) is 18.2 Å². The Morgan fingerprint density at radius 1 is 1.08 bits per heavy atom. The molecule has 3 N–H and O–H groups in total. The minimum Gasteiger partial charge on any atom is -0.383 e. The zero-order chi connectivity index (χ0) is 18.9. The van der Waals surface area contributed by atoms with Gasteiger partial charge in [0.2, 0.25) is 10.0 Å². The first-order valence-electron chi connectivity index (χ1n) is 8.68. The third-order valence-electron chi connectivity index (χ3n) is 3.68. The minimum absolute atomic E-state index is 0.234. The first kappa shape index (κ1) is 21.7. The van der Waals surface area contributed by atoms with Crippen molar-refractivity contribution in [3.63, 3.8) is 0 Å². The molecule has 0 heterocycles. The number of sulfonamides is 1. The number of rotatable bonds is 10. The molecule has 0 aliphatic rings. The molecule has 0 aliphatic carbocycles. The zero-order valence-electron chi connectivity index (χ0n) is 15.6. The summed E-state index contributed by atoms with van der Waals surface area (Å²) in [6.07, 6.45) is 4.23. The predicted molar refractivity (Wildman–Crippen MR) is 110 cm³/mol. The molecule has 0 aliphatic heterocycles. The van der Waals surface area contributed by atoms with Gasteiger partial charge in [0.25, 0.3) is 0 Å². The molecule has 0 bridgehead atoms. The van der Waals surface area contributed by atoms with E-state index in [0.717, 1.165) is 44.5 Å². The lowest BCUT2D eigenvalue weighted by Crippen LogP contribution is -2.29. The lowest BCUT2D eigenvalue weighted by molar-refractivity contribution is 0.521. The van der Waals surface area contributed by atoms with Crippen LogP contribution in [0.1, 0.15) is 39.5 Å². The lowest BCUT2D eigenvalue weighted by atomic mass is 10.2. The van der Waals surface area contributed by atoms with E-state index in [0.29, 0.717) is 10.8 Å². The summed E-state index contributed by atoms with van der Waals surface area (Å²) in [4.78, 5) is 0.234. The Balaban J connectivity index is 3.03. The van der Waals surface area contributed by atoms with Gasteiger partial charge in [0.05, 0.1) is 16.3 Å². The molecular weight excluding hydrogens is 356 g/mol. The maximum Gasteiger partial charge on any atom is 0.242 e. The second-order valence-electron chi connectivity index (χ2n) is 6.01. The fraction of sp³-hybridized carbons (Fsp3) is 0.588. The van der Waals surface area contributed by atoms with Gasteiger partial charge in [-0.1, -0.05) is 26.7 Å². The van der Waals surface area contributed by atoms with Gasteiger partial charge in [0.1, 0.15) is 0 Å². The molecule has 0 spiro atoms. The second kappa shape index (κ2) is 10.6. The molecule has 6 nitrogen and oxygen atoms in total. The van der Waals surface area contributed by atoms with Crippen LogP contribution in [0.4, 0.5) is 11.4 Å². The molecule has 0 fully saturated rings. The summed E-state index contributed by atoms with van der Waals surface area (Å²) >= 11 is 5.32. The number of thiocarbonyl (C=S) groups is 1. The fourth-order valence-corrected chi connectivity index (χ4v) is 3.24. The number of hydrogen-bond donors (Lipinski definition) is 3. The van der Waals surface area contributed by atoms with E-state index in [2.05, 4.69) is 29.8 Å². The number of hydrogen-bond acceptors (Lipinski definition) is 4. The van der Waals surface area contributed by atoms with Crippen LogP contribution in [-0.2, 0) is 10.0 Å². The number of unbranched alkanes of at least 4 members (excludes halogenated alkanes) is 2. The van der Waals surface area contributed by atoms with Crippen molar-refractivity contribution < 1.29 is 8.42 Å². The van der Waals surface area contributed by atoms with Crippen molar-refractivity contribution in [1.82, 2.24) is 9.62 Å². The van der Waals surface area contributed by atoms with Gasteiger partial charge in [-0.05, 0) is 43.3 Å². The van der Waals surface area contributed by atoms with E-state index in [1.165, 1.54) is 18.4 Å². The van der Waals surface area contributed by atoms with E-state index >= 15 is 0 Å². The van der Waals surface area contributed by atoms with Crippen LogP contribution in [0.3, 0.4) is 0 Å². The largest absolute Gasteiger partial charge is 0.383 e. The molecule has 0 amide bonds. The van der Waals surface area contributed by atoms with Gasteiger partial charge in [0, 0.05) is 27.2 Å². The topological polar surface area (TPSA) is 73.5 Å². The molecule has 142 valence electrons. The summed E-state index contributed by atoms with van der Waals surface area (Å²) in [6.45, 7) is 5.85. The van der Waals surface area contributed by atoms with Gasteiger partial charge in [-0.15, -0.1) is 0 Å².